The number of hydrogen-bond acceptors (Lipinski definition) is 9. The smallest absolute Gasteiger partial charge is 0.407 e. The molecule has 3 aliphatic carbocycles. The molecule has 1 saturated heterocycles. The van der Waals surface area contributed by atoms with E-state index in [0.717, 1.165) is 27.8 Å². The second-order valence-corrected chi connectivity index (χ2v) is 18.8. The Morgan fingerprint density at radius 1 is 1.04 bits per heavy atom. The quantitative estimate of drug-likeness (QED) is 0.331. The number of fused-ring (bicyclic) bond motifs is 6. The fraction of sp³-hybridized carbons (Fsp3) is 0.513. The van der Waals surface area contributed by atoms with Crippen LogP contribution in [0, 0.1) is 16.7 Å². The lowest BCUT2D eigenvalue weighted by Gasteiger charge is -2.35. The molecule has 55 heavy (non-hydrogen) atoms. The fourth-order valence-electron chi connectivity index (χ4n) is 7.39. The van der Waals surface area contributed by atoms with E-state index in [2.05, 4.69) is 15.8 Å². The Morgan fingerprint density at radius 2 is 1.73 bits per heavy atom. The summed E-state index contributed by atoms with van der Waals surface area (Å²) in [7, 11) is -4.13. The zero-order valence-corrected chi connectivity index (χ0v) is 32.0. The first kappa shape index (κ1) is 38.4. The number of amides is 4. The van der Waals surface area contributed by atoms with E-state index in [1.54, 1.807) is 20.8 Å². The van der Waals surface area contributed by atoms with E-state index in [9.17, 15) is 36.4 Å². The number of cyclic esters (lactones) is 1. The molecule has 0 unspecified atom stereocenters. The maximum absolute atomic E-state index is 14.5. The first-order valence-corrected chi connectivity index (χ1v) is 19.9. The van der Waals surface area contributed by atoms with Gasteiger partial charge < -0.3 is 25.1 Å². The van der Waals surface area contributed by atoms with E-state index in [1.165, 1.54) is 4.90 Å². The molecule has 0 radical (unpaired) electrons. The number of rotatable bonds is 6. The number of hydrogen-bond donors (Lipinski definition) is 3. The molecule has 13 nitrogen and oxygen atoms in total. The summed E-state index contributed by atoms with van der Waals surface area (Å²) in [4.78, 5) is 62.6. The maximum atomic E-state index is 14.5. The molecule has 16 heteroatoms. The molecular weight excluding hydrogens is 737 g/mol. The molecule has 2 saturated carbocycles. The maximum Gasteiger partial charge on any atom is 0.407 e. The van der Waals surface area contributed by atoms with Crippen LogP contribution in [0.25, 0.3) is 17.2 Å². The van der Waals surface area contributed by atoms with Crippen LogP contribution in [-0.4, -0.2) is 91.4 Å². The third-order valence-corrected chi connectivity index (χ3v) is 12.7. The summed E-state index contributed by atoms with van der Waals surface area (Å²) in [5.74, 6) is -4.54. The highest BCUT2D eigenvalue weighted by atomic mass is 32.2. The molecule has 2 aromatic carbocycles. The summed E-state index contributed by atoms with van der Waals surface area (Å²) < 4.78 is 61.0. The summed E-state index contributed by atoms with van der Waals surface area (Å²) in [5, 5.41) is 8.87. The van der Waals surface area contributed by atoms with Gasteiger partial charge in [-0.05, 0) is 47.4 Å². The van der Waals surface area contributed by atoms with Gasteiger partial charge in [0.2, 0.25) is 28.3 Å². The van der Waals surface area contributed by atoms with Crippen molar-refractivity contribution in [3.8, 4) is 11.1 Å². The Morgan fingerprint density at radius 3 is 2.38 bits per heavy atom. The van der Waals surface area contributed by atoms with Crippen LogP contribution in [0.5, 0.6) is 0 Å². The van der Waals surface area contributed by atoms with Crippen LogP contribution < -0.4 is 15.4 Å². The standard InChI is InChI=1S/C39H45F2N5O8S/c1-37(2,3)31-34(48)46-19-22(17-29(46)33(47)43-39(18-28(39)32(40)41)35(49)45-55(51,52)23-11-12-23)54-44-30-26-9-7-6-8-24(26)25-13-10-21(16-27(25)30)14-15-38(4,5)20-53-36(50)42-31/h6-10,13-16,22-23,28-29,31-32H,11-12,17-20H2,1-5H3,(H,42,50)(H,43,47)(H,45,49)/b15-14+,44-30+/t22-,28+,29+,31-,39+/m1/s1. The van der Waals surface area contributed by atoms with Gasteiger partial charge in [0.15, 0.2) is 0 Å². The molecule has 3 N–H and O–H groups in total. The highest BCUT2D eigenvalue weighted by Crippen LogP contribution is 2.48. The van der Waals surface area contributed by atoms with Crippen LogP contribution in [0.3, 0.4) is 0 Å². The Balaban J connectivity index is 1.25. The second-order valence-electron chi connectivity index (χ2n) is 16.9. The molecule has 4 amide bonds. The van der Waals surface area contributed by atoms with Crippen molar-refractivity contribution in [1.82, 2.24) is 20.3 Å². The number of nitrogens with one attached hydrogen (secondary N) is 3. The van der Waals surface area contributed by atoms with E-state index in [0.29, 0.717) is 18.6 Å². The minimum atomic E-state index is -4.13. The number of carbonyl (C=O) groups excluding carboxylic acids is 4. The topological polar surface area (TPSA) is 173 Å². The molecule has 2 heterocycles. The van der Waals surface area contributed by atoms with Gasteiger partial charge in [-0.1, -0.05) is 88.3 Å². The predicted octanol–water partition coefficient (Wildman–Crippen LogP) is 4.35. The molecule has 294 valence electrons. The Bertz CT molecular complexity index is 2110. The van der Waals surface area contributed by atoms with E-state index in [-0.39, 0.29) is 19.6 Å². The molecule has 0 spiro atoms. The van der Waals surface area contributed by atoms with Crippen molar-refractivity contribution in [2.75, 3.05) is 13.2 Å². The molecule has 2 aliphatic heterocycles. The van der Waals surface area contributed by atoms with Gasteiger partial charge in [-0.15, -0.1) is 0 Å². The van der Waals surface area contributed by atoms with Gasteiger partial charge in [0.05, 0.1) is 17.7 Å². The fourth-order valence-corrected chi connectivity index (χ4v) is 8.76. The normalized spacial score (nSPS) is 29.0. The lowest BCUT2D eigenvalue weighted by molar-refractivity contribution is -0.143. The average Bonchev–Trinajstić information content (AvgIpc) is 4.03. The highest BCUT2D eigenvalue weighted by molar-refractivity contribution is 7.91. The zero-order chi connectivity index (χ0) is 39.7. The molecule has 5 aliphatic rings. The van der Waals surface area contributed by atoms with Crippen LogP contribution in [0.4, 0.5) is 13.6 Å². The van der Waals surface area contributed by atoms with Crippen LogP contribution in [0.15, 0.2) is 53.7 Å². The minimum absolute atomic E-state index is 0.0277. The number of nitrogens with zero attached hydrogens (tertiary/aromatic N) is 2. The van der Waals surface area contributed by atoms with Gasteiger partial charge in [-0.3, -0.25) is 19.1 Å². The Labute approximate surface area is 318 Å². The predicted molar refractivity (Wildman–Crippen MR) is 198 cm³/mol. The third-order valence-electron chi connectivity index (χ3n) is 10.9. The van der Waals surface area contributed by atoms with Crippen molar-refractivity contribution in [1.29, 1.82) is 0 Å². The van der Waals surface area contributed by atoms with Crippen molar-refractivity contribution < 1.29 is 46.0 Å². The molecule has 7 rings (SSSR count). The first-order valence-electron chi connectivity index (χ1n) is 18.4. The number of oxime groups is 1. The molecule has 5 atom stereocenters. The van der Waals surface area contributed by atoms with Gasteiger partial charge in [0.25, 0.3) is 5.91 Å². The summed E-state index contributed by atoms with van der Waals surface area (Å²) in [6.07, 6.45) is -0.935. The molecule has 3 fully saturated rings. The van der Waals surface area contributed by atoms with Crippen molar-refractivity contribution in [2.24, 2.45) is 21.9 Å². The van der Waals surface area contributed by atoms with E-state index in [1.807, 2.05) is 73.2 Å². The number of sulfonamides is 1. The van der Waals surface area contributed by atoms with Crippen molar-refractivity contribution in [3.63, 3.8) is 0 Å². The van der Waals surface area contributed by atoms with Crippen molar-refractivity contribution >= 4 is 45.6 Å². The number of carbonyl (C=O) groups is 4. The molecular formula is C39H45F2N5O8S. The summed E-state index contributed by atoms with van der Waals surface area (Å²) >= 11 is 0. The minimum Gasteiger partial charge on any atom is -0.449 e. The van der Waals surface area contributed by atoms with Gasteiger partial charge in [0.1, 0.15) is 36.0 Å². The zero-order valence-electron chi connectivity index (χ0n) is 31.2. The van der Waals surface area contributed by atoms with E-state index in [4.69, 9.17) is 9.57 Å². The SMILES string of the molecule is CC1(C)/C=C/c2ccc3c(c2)/C(=N/O[C@@H]2C[C@@H](C(=O)N[C@@]4(C(=O)NS(=O)(=O)C5CC5)C[C@H]4C(F)F)N(C2)C(=O)[C@H](C(C)(C)C)NC(=O)OC1)c1ccccc1-3. The molecule has 2 aromatic rings. The van der Waals surface area contributed by atoms with Crippen LogP contribution in [0.1, 0.15) is 77.0 Å². The number of ether oxygens (including phenoxy) is 1. The monoisotopic (exact) mass is 781 g/mol. The largest absolute Gasteiger partial charge is 0.449 e. The molecule has 0 aromatic heterocycles. The second kappa shape index (κ2) is 13.7. The van der Waals surface area contributed by atoms with Crippen LogP contribution >= 0.6 is 0 Å². The van der Waals surface area contributed by atoms with E-state index >= 15 is 0 Å². The number of alkyl halides is 2. The lowest BCUT2D eigenvalue weighted by Crippen LogP contribution is -2.60. The molecule has 4 bridgehead atoms. The number of benzene rings is 2. The number of halogens is 2. The van der Waals surface area contributed by atoms with Crippen LogP contribution in [0.2, 0.25) is 0 Å². The third kappa shape index (κ3) is 7.57. The van der Waals surface area contributed by atoms with Gasteiger partial charge >= 0.3 is 6.09 Å². The summed E-state index contributed by atoms with van der Waals surface area (Å²) in [5.41, 5.74) is 1.16. The first-order chi connectivity index (χ1) is 25.8. The average molecular weight is 782 g/mol. The van der Waals surface area contributed by atoms with Crippen molar-refractivity contribution in [3.05, 3.63) is 65.2 Å². The van der Waals surface area contributed by atoms with Gasteiger partial charge in [-0.25, -0.2) is 22.0 Å². The van der Waals surface area contributed by atoms with E-state index < -0.39 is 92.4 Å². The summed E-state index contributed by atoms with van der Waals surface area (Å²) in [6, 6.07) is 11.0. The highest BCUT2D eigenvalue weighted by Gasteiger charge is 2.67. The Hall–Kier alpha value is -4.86. The van der Waals surface area contributed by atoms with Crippen LogP contribution in [-0.2, 0) is 34.0 Å². The van der Waals surface area contributed by atoms with Crippen molar-refractivity contribution in [2.45, 2.75) is 95.7 Å². The lowest BCUT2D eigenvalue weighted by atomic mass is 9.85. The number of alkyl carbamates (subject to hydrolysis) is 1. The van der Waals surface area contributed by atoms with Gasteiger partial charge in [-0.2, -0.15) is 0 Å². The summed E-state index contributed by atoms with van der Waals surface area (Å²) in [6.45, 7) is 8.74. The van der Waals surface area contributed by atoms with Gasteiger partial charge in [0, 0.05) is 23.0 Å². The Kier molecular flexibility index (Phi) is 9.58.